The van der Waals surface area contributed by atoms with Gasteiger partial charge in [0.1, 0.15) is 0 Å². The molecular weight excluding hydrogens is 232 g/mol. The summed E-state index contributed by atoms with van der Waals surface area (Å²) in [5.74, 6) is 0. The van der Waals surface area contributed by atoms with Gasteiger partial charge in [-0.25, -0.2) is 0 Å². The van der Waals surface area contributed by atoms with Crippen LogP contribution in [0.15, 0.2) is 42.5 Å². The minimum atomic E-state index is 0.832. The molecule has 0 spiro atoms. The van der Waals surface area contributed by atoms with E-state index >= 15 is 0 Å². The molecule has 0 saturated heterocycles. The minimum Gasteiger partial charge on any atom is -0.398 e. The summed E-state index contributed by atoms with van der Waals surface area (Å²) >= 11 is 0. The summed E-state index contributed by atoms with van der Waals surface area (Å²) in [6.45, 7) is 5.10. The zero-order valence-corrected chi connectivity index (χ0v) is 12.0. The normalized spacial score (nSPS) is 10.5. The van der Waals surface area contributed by atoms with E-state index in [1.807, 2.05) is 6.07 Å². The first kappa shape index (κ1) is 13.5. The van der Waals surface area contributed by atoms with Gasteiger partial charge in [-0.2, -0.15) is 0 Å². The molecule has 2 aromatic carbocycles. The van der Waals surface area contributed by atoms with E-state index in [2.05, 4.69) is 62.2 Å². The Morgan fingerprint density at radius 3 is 2.37 bits per heavy atom. The highest BCUT2D eigenvalue weighted by Crippen LogP contribution is 2.20. The van der Waals surface area contributed by atoms with Crippen molar-refractivity contribution in [3.63, 3.8) is 0 Å². The van der Waals surface area contributed by atoms with Crippen molar-refractivity contribution in [3.05, 3.63) is 59.2 Å². The van der Waals surface area contributed by atoms with Crippen molar-refractivity contribution in [1.29, 1.82) is 0 Å². The van der Waals surface area contributed by atoms with E-state index in [1.54, 1.807) is 0 Å². The molecule has 2 N–H and O–H groups in total. The molecule has 0 heterocycles. The van der Waals surface area contributed by atoms with Crippen LogP contribution in [0.25, 0.3) is 0 Å². The summed E-state index contributed by atoms with van der Waals surface area (Å²) in [7, 11) is 2.10. The third-order valence-electron chi connectivity index (χ3n) is 3.49. The second-order valence-corrected chi connectivity index (χ2v) is 5.08. The Kier molecular flexibility index (Phi) is 4.10. The van der Waals surface area contributed by atoms with E-state index < -0.39 is 0 Å². The van der Waals surface area contributed by atoms with Crippen LogP contribution in [0, 0.1) is 6.92 Å². The molecule has 19 heavy (non-hydrogen) atoms. The van der Waals surface area contributed by atoms with Crippen LogP contribution in [0.1, 0.15) is 23.6 Å². The Hall–Kier alpha value is -1.96. The van der Waals surface area contributed by atoms with Crippen molar-refractivity contribution in [2.45, 2.75) is 26.8 Å². The average Bonchev–Trinajstić information content (AvgIpc) is 2.43. The fourth-order valence-corrected chi connectivity index (χ4v) is 2.20. The van der Waals surface area contributed by atoms with Gasteiger partial charge in [-0.05, 0) is 42.7 Å². The number of rotatable bonds is 4. The molecule has 0 aromatic heterocycles. The van der Waals surface area contributed by atoms with Gasteiger partial charge in [-0.1, -0.05) is 36.8 Å². The van der Waals surface area contributed by atoms with Crippen molar-refractivity contribution in [1.82, 2.24) is 0 Å². The van der Waals surface area contributed by atoms with Crippen molar-refractivity contribution in [3.8, 4) is 0 Å². The van der Waals surface area contributed by atoms with E-state index in [1.165, 1.54) is 22.4 Å². The Bertz CT molecular complexity index is 544. The van der Waals surface area contributed by atoms with Gasteiger partial charge in [0.25, 0.3) is 0 Å². The number of anilines is 2. The highest BCUT2D eigenvalue weighted by molar-refractivity contribution is 5.53. The maximum absolute atomic E-state index is 6.03. The van der Waals surface area contributed by atoms with E-state index in [9.17, 15) is 0 Å². The standard InChI is InChI=1S/C17H22N2/c1-4-14-6-8-16(9-7-14)19(3)12-15-11-13(2)5-10-17(15)18/h5-11H,4,12,18H2,1-3H3. The van der Waals surface area contributed by atoms with E-state index in [0.29, 0.717) is 0 Å². The maximum Gasteiger partial charge on any atom is 0.0446 e. The molecule has 0 aliphatic heterocycles. The Morgan fingerprint density at radius 1 is 1.05 bits per heavy atom. The van der Waals surface area contributed by atoms with Gasteiger partial charge in [0.05, 0.1) is 0 Å². The molecule has 0 unspecified atom stereocenters. The molecule has 0 saturated carbocycles. The van der Waals surface area contributed by atoms with Crippen LogP contribution in [0.3, 0.4) is 0 Å². The summed E-state index contributed by atoms with van der Waals surface area (Å²) in [6, 6.07) is 14.9. The van der Waals surface area contributed by atoms with Crippen LogP contribution in [-0.2, 0) is 13.0 Å². The zero-order valence-electron chi connectivity index (χ0n) is 12.0. The Balaban J connectivity index is 2.15. The third-order valence-corrected chi connectivity index (χ3v) is 3.49. The molecule has 2 nitrogen and oxygen atoms in total. The number of nitrogen functional groups attached to an aromatic ring is 1. The second-order valence-electron chi connectivity index (χ2n) is 5.08. The second kappa shape index (κ2) is 5.79. The van der Waals surface area contributed by atoms with Crippen LogP contribution >= 0.6 is 0 Å². The number of nitrogens with zero attached hydrogens (tertiary/aromatic N) is 1. The first-order valence-corrected chi connectivity index (χ1v) is 6.75. The van der Waals surface area contributed by atoms with Gasteiger partial charge in [0.15, 0.2) is 0 Å². The molecule has 0 aliphatic rings. The number of benzene rings is 2. The lowest BCUT2D eigenvalue weighted by molar-refractivity contribution is 0.922. The molecule has 2 heteroatoms. The van der Waals surface area contributed by atoms with E-state index in [4.69, 9.17) is 5.73 Å². The van der Waals surface area contributed by atoms with E-state index in [-0.39, 0.29) is 0 Å². The maximum atomic E-state index is 6.03. The van der Waals surface area contributed by atoms with Gasteiger partial charge in [0.2, 0.25) is 0 Å². The lowest BCUT2D eigenvalue weighted by atomic mass is 10.1. The smallest absolute Gasteiger partial charge is 0.0446 e. The highest BCUT2D eigenvalue weighted by atomic mass is 15.1. The molecule has 0 amide bonds. The molecule has 0 radical (unpaired) electrons. The van der Waals surface area contributed by atoms with Gasteiger partial charge < -0.3 is 10.6 Å². The first-order valence-electron chi connectivity index (χ1n) is 6.75. The topological polar surface area (TPSA) is 29.3 Å². The predicted octanol–water partition coefficient (Wildman–Crippen LogP) is 3.78. The number of aryl methyl sites for hydroxylation is 2. The number of hydrogen-bond donors (Lipinski definition) is 1. The first-order chi connectivity index (χ1) is 9.10. The van der Waals surface area contributed by atoms with Crippen LogP contribution < -0.4 is 10.6 Å². The quantitative estimate of drug-likeness (QED) is 0.841. The van der Waals surface area contributed by atoms with Crippen molar-refractivity contribution in [2.24, 2.45) is 0 Å². The summed E-state index contributed by atoms with van der Waals surface area (Å²) in [5, 5.41) is 0. The fraction of sp³-hybridized carbons (Fsp3) is 0.294. The Morgan fingerprint density at radius 2 is 1.74 bits per heavy atom. The highest BCUT2D eigenvalue weighted by Gasteiger charge is 2.05. The number of hydrogen-bond acceptors (Lipinski definition) is 2. The van der Waals surface area contributed by atoms with Gasteiger partial charge in [0, 0.05) is 25.0 Å². The van der Waals surface area contributed by atoms with Gasteiger partial charge in [-0.15, -0.1) is 0 Å². The van der Waals surface area contributed by atoms with Crippen LogP contribution in [0.5, 0.6) is 0 Å². The van der Waals surface area contributed by atoms with Crippen LogP contribution in [-0.4, -0.2) is 7.05 Å². The fourth-order valence-electron chi connectivity index (χ4n) is 2.20. The summed E-state index contributed by atoms with van der Waals surface area (Å²) < 4.78 is 0. The molecule has 0 fully saturated rings. The molecule has 0 aliphatic carbocycles. The largest absolute Gasteiger partial charge is 0.398 e. The Labute approximate surface area is 115 Å². The van der Waals surface area contributed by atoms with E-state index in [0.717, 1.165) is 18.7 Å². The number of nitrogens with two attached hydrogens (primary N) is 1. The van der Waals surface area contributed by atoms with Crippen molar-refractivity contribution < 1.29 is 0 Å². The summed E-state index contributed by atoms with van der Waals surface area (Å²) in [6.07, 6.45) is 1.08. The lowest BCUT2D eigenvalue weighted by Gasteiger charge is -2.21. The molecule has 0 bridgehead atoms. The molecule has 2 rings (SSSR count). The molecule has 100 valence electrons. The monoisotopic (exact) mass is 254 g/mol. The SMILES string of the molecule is CCc1ccc(N(C)Cc2cc(C)ccc2N)cc1. The van der Waals surface area contributed by atoms with Crippen molar-refractivity contribution in [2.75, 3.05) is 17.7 Å². The summed E-state index contributed by atoms with van der Waals surface area (Å²) in [4.78, 5) is 2.23. The molecule has 0 atom stereocenters. The van der Waals surface area contributed by atoms with Crippen molar-refractivity contribution >= 4 is 11.4 Å². The lowest BCUT2D eigenvalue weighted by Crippen LogP contribution is -2.17. The van der Waals surface area contributed by atoms with Gasteiger partial charge >= 0.3 is 0 Å². The predicted molar refractivity (Wildman–Crippen MR) is 83.5 cm³/mol. The van der Waals surface area contributed by atoms with Gasteiger partial charge in [-0.3, -0.25) is 0 Å². The third kappa shape index (κ3) is 3.28. The molecular formula is C17H22N2. The van der Waals surface area contributed by atoms with Crippen LogP contribution in [0.4, 0.5) is 11.4 Å². The zero-order chi connectivity index (χ0) is 13.8. The minimum absolute atomic E-state index is 0.832. The summed E-state index contributed by atoms with van der Waals surface area (Å²) in [5.41, 5.74) is 11.9. The molecule has 2 aromatic rings. The average molecular weight is 254 g/mol. The van der Waals surface area contributed by atoms with Crippen LogP contribution in [0.2, 0.25) is 0 Å².